The Morgan fingerprint density at radius 2 is 1.83 bits per heavy atom. The highest BCUT2D eigenvalue weighted by Crippen LogP contribution is 2.20. The molecule has 0 aromatic heterocycles. The molecule has 2 aromatic rings. The molecule has 2 amide bonds. The summed E-state index contributed by atoms with van der Waals surface area (Å²) in [5.74, 6) is -0.183. The number of amides is 2. The van der Waals surface area contributed by atoms with E-state index >= 15 is 0 Å². The molecule has 0 bridgehead atoms. The fourth-order valence-electron chi connectivity index (χ4n) is 3.68. The average Bonchev–Trinajstić information content (AvgIpc) is 3.20. The van der Waals surface area contributed by atoms with Gasteiger partial charge in [-0.15, -0.1) is 0 Å². The van der Waals surface area contributed by atoms with Gasteiger partial charge >= 0.3 is 0 Å². The molecular formula is C23H26BrClN2O2. The Bertz CT molecular complexity index is 850. The second-order valence-corrected chi connectivity index (χ2v) is 8.97. The van der Waals surface area contributed by atoms with E-state index in [0.29, 0.717) is 11.6 Å². The number of carbonyl (C=O) groups excluding carboxylic acids is 2. The van der Waals surface area contributed by atoms with Gasteiger partial charge in [-0.1, -0.05) is 64.6 Å². The van der Waals surface area contributed by atoms with Gasteiger partial charge in [0.25, 0.3) is 0 Å². The molecule has 0 aliphatic heterocycles. The molecule has 2 aromatic carbocycles. The SMILES string of the molecule is C[C@H](C(=O)NC1CCCC1)N(Cc1ccc(Br)cc1)C(=O)Cc1cccc(Cl)c1. The lowest BCUT2D eigenvalue weighted by Crippen LogP contribution is -2.50. The first-order valence-corrected chi connectivity index (χ1v) is 11.2. The first kappa shape index (κ1) is 21.8. The van der Waals surface area contributed by atoms with E-state index in [2.05, 4.69) is 21.2 Å². The maximum atomic E-state index is 13.2. The number of rotatable bonds is 7. The minimum absolute atomic E-state index is 0.0894. The molecule has 3 rings (SSSR count). The molecule has 4 nitrogen and oxygen atoms in total. The molecule has 1 fully saturated rings. The molecular weight excluding hydrogens is 452 g/mol. The van der Waals surface area contributed by atoms with E-state index in [1.54, 1.807) is 24.0 Å². The third-order valence-electron chi connectivity index (χ3n) is 5.38. The summed E-state index contributed by atoms with van der Waals surface area (Å²) in [4.78, 5) is 27.7. The molecule has 0 radical (unpaired) electrons. The Morgan fingerprint density at radius 1 is 1.14 bits per heavy atom. The molecule has 0 unspecified atom stereocenters. The molecule has 0 saturated heterocycles. The van der Waals surface area contributed by atoms with Crippen LogP contribution in [0.4, 0.5) is 0 Å². The van der Waals surface area contributed by atoms with E-state index in [4.69, 9.17) is 11.6 Å². The van der Waals surface area contributed by atoms with Crippen molar-refractivity contribution in [3.63, 3.8) is 0 Å². The third-order valence-corrected chi connectivity index (χ3v) is 6.14. The van der Waals surface area contributed by atoms with Crippen molar-refractivity contribution in [1.29, 1.82) is 0 Å². The number of carbonyl (C=O) groups is 2. The van der Waals surface area contributed by atoms with E-state index < -0.39 is 6.04 Å². The smallest absolute Gasteiger partial charge is 0.242 e. The molecule has 1 atom stereocenters. The van der Waals surface area contributed by atoms with Crippen molar-refractivity contribution in [2.75, 3.05) is 0 Å². The third kappa shape index (κ3) is 6.31. The van der Waals surface area contributed by atoms with Crippen LogP contribution in [-0.2, 0) is 22.6 Å². The van der Waals surface area contributed by atoms with Crippen LogP contribution in [0.15, 0.2) is 53.0 Å². The summed E-state index contributed by atoms with van der Waals surface area (Å²) in [5, 5.41) is 3.72. The maximum Gasteiger partial charge on any atom is 0.242 e. The topological polar surface area (TPSA) is 49.4 Å². The van der Waals surface area contributed by atoms with Gasteiger partial charge in [0.1, 0.15) is 6.04 Å². The molecule has 0 spiro atoms. The van der Waals surface area contributed by atoms with Gasteiger partial charge in [0.2, 0.25) is 11.8 Å². The number of hydrogen-bond donors (Lipinski definition) is 1. The highest BCUT2D eigenvalue weighted by Gasteiger charge is 2.28. The zero-order valence-corrected chi connectivity index (χ0v) is 18.9. The van der Waals surface area contributed by atoms with Crippen molar-refractivity contribution < 1.29 is 9.59 Å². The monoisotopic (exact) mass is 476 g/mol. The Kier molecular flexibility index (Phi) is 7.73. The number of hydrogen-bond acceptors (Lipinski definition) is 2. The first-order valence-electron chi connectivity index (χ1n) is 10.0. The molecule has 29 heavy (non-hydrogen) atoms. The Balaban J connectivity index is 1.76. The van der Waals surface area contributed by atoms with Crippen molar-refractivity contribution in [3.8, 4) is 0 Å². The van der Waals surface area contributed by atoms with Gasteiger partial charge in [-0.05, 0) is 55.2 Å². The van der Waals surface area contributed by atoms with Gasteiger partial charge < -0.3 is 10.2 Å². The number of nitrogens with zero attached hydrogens (tertiary/aromatic N) is 1. The predicted octanol–water partition coefficient (Wildman–Crippen LogP) is 5.12. The minimum Gasteiger partial charge on any atom is -0.352 e. The highest BCUT2D eigenvalue weighted by atomic mass is 79.9. The predicted molar refractivity (Wildman–Crippen MR) is 120 cm³/mol. The van der Waals surface area contributed by atoms with E-state index in [9.17, 15) is 9.59 Å². The largest absolute Gasteiger partial charge is 0.352 e. The molecule has 154 valence electrons. The van der Waals surface area contributed by atoms with Crippen molar-refractivity contribution in [3.05, 3.63) is 69.2 Å². The standard InChI is InChI=1S/C23H26BrClN2O2/c1-16(23(29)26-21-7-2-3-8-21)27(15-17-9-11-19(24)12-10-17)22(28)14-18-5-4-6-20(25)13-18/h4-6,9-13,16,21H,2-3,7-8,14-15H2,1H3,(H,26,29)/t16-/m1/s1. The second kappa shape index (κ2) is 10.3. The van der Waals surface area contributed by atoms with E-state index in [-0.39, 0.29) is 24.3 Å². The summed E-state index contributed by atoms with van der Waals surface area (Å²) in [6.07, 6.45) is 4.53. The summed E-state index contributed by atoms with van der Waals surface area (Å²) < 4.78 is 0.977. The quantitative estimate of drug-likeness (QED) is 0.601. The molecule has 1 saturated carbocycles. The average molecular weight is 478 g/mol. The van der Waals surface area contributed by atoms with Gasteiger partial charge in [-0.25, -0.2) is 0 Å². The van der Waals surface area contributed by atoms with Crippen molar-refractivity contribution in [2.24, 2.45) is 0 Å². The summed E-state index contributed by atoms with van der Waals surface area (Å²) in [6.45, 7) is 2.19. The normalized spacial score (nSPS) is 15.1. The van der Waals surface area contributed by atoms with E-state index in [1.807, 2.05) is 36.4 Å². The minimum atomic E-state index is -0.550. The van der Waals surface area contributed by atoms with E-state index in [1.165, 1.54) is 0 Å². The Labute approximate surface area is 185 Å². The van der Waals surface area contributed by atoms with Gasteiger partial charge in [-0.3, -0.25) is 9.59 Å². The van der Waals surface area contributed by atoms with Gasteiger partial charge in [0, 0.05) is 22.1 Å². The lowest BCUT2D eigenvalue weighted by molar-refractivity contribution is -0.140. The number of nitrogens with one attached hydrogen (secondary N) is 1. The first-order chi connectivity index (χ1) is 13.9. The van der Waals surface area contributed by atoms with Crippen LogP contribution in [0.1, 0.15) is 43.7 Å². The molecule has 6 heteroatoms. The van der Waals surface area contributed by atoms with Gasteiger partial charge in [0.05, 0.1) is 6.42 Å². The molecule has 1 aliphatic rings. The summed E-state index contributed by atoms with van der Waals surface area (Å²) >= 11 is 9.50. The van der Waals surface area contributed by atoms with Crippen LogP contribution in [0.25, 0.3) is 0 Å². The van der Waals surface area contributed by atoms with Crippen LogP contribution < -0.4 is 5.32 Å². The lowest BCUT2D eigenvalue weighted by Gasteiger charge is -2.30. The molecule has 0 heterocycles. The zero-order chi connectivity index (χ0) is 20.8. The number of halogens is 2. The van der Waals surface area contributed by atoms with Gasteiger partial charge in [-0.2, -0.15) is 0 Å². The molecule has 1 N–H and O–H groups in total. The van der Waals surface area contributed by atoms with Crippen LogP contribution in [-0.4, -0.2) is 28.8 Å². The highest BCUT2D eigenvalue weighted by molar-refractivity contribution is 9.10. The molecule has 1 aliphatic carbocycles. The summed E-state index contributed by atoms with van der Waals surface area (Å²) in [6, 6.07) is 14.8. The Morgan fingerprint density at radius 3 is 2.48 bits per heavy atom. The van der Waals surface area contributed by atoms with Crippen LogP contribution >= 0.6 is 27.5 Å². The van der Waals surface area contributed by atoms with Crippen molar-refractivity contribution in [1.82, 2.24) is 10.2 Å². The second-order valence-electron chi connectivity index (χ2n) is 7.62. The van der Waals surface area contributed by atoms with Crippen LogP contribution in [0.3, 0.4) is 0 Å². The fraction of sp³-hybridized carbons (Fsp3) is 0.391. The van der Waals surface area contributed by atoms with Crippen molar-refractivity contribution >= 4 is 39.3 Å². The Hall–Kier alpha value is -1.85. The maximum absolute atomic E-state index is 13.2. The van der Waals surface area contributed by atoms with Crippen LogP contribution in [0, 0.1) is 0 Å². The number of benzene rings is 2. The lowest BCUT2D eigenvalue weighted by atomic mass is 10.1. The van der Waals surface area contributed by atoms with E-state index in [0.717, 1.165) is 41.3 Å². The summed E-state index contributed by atoms with van der Waals surface area (Å²) in [5.41, 5.74) is 1.82. The summed E-state index contributed by atoms with van der Waals surface area (Å²) in [7, 11) is 0. The zero-order valence-electron chi connectivity index (χ0n) is 16.5. The van der Waals surface area contributed by atoms with Gasteiger partial charge in [0.15, 0.2) is 0 Å². The van der Waals surface area contributed by atoms with Crippen LogP contribution in [0.2, 0.25) is 5.02 Å². The van der Waals surface area contributed by atoms with Crippen LogP contribution in [0.5, 0.6) is 0 Å². The fourth-order valence-corrected chi connectivity index (χ4v) is 4.16. The van der Waals surface area contributed by atoms with Crippen molar-refractivity contribution in [2.45, 2.75) is 57.7 Å².